The minimum absolute atomic E-state index is 0.00846. The summed E-state index contributed by atoms with van der Waals surface area (Å²) < 4.78 is 10.9. The van der Waals surface area contributed by atoms with Gasteiger partial charge in [0.25, 0.3) is 5.91 Å². The van der Waals surface area contributed by atoms with Crippen LogP contribution in [0.15, 0.2) is 36.4 Å². The molecular weight excluding hydrogens is 314 g/mol. The van der Waals surface area contributed by atoms with Crippen molar-refractivity contribution < 1.29 is 14.3 Å². The molecule has 134 valence electrons. The molecule has 0 bridgehead atoms. The zero-order valence-corrected chi connectivity index (χ0v) is 15.7. The number of rotatable bonds is 7. The highest BCUT2D eigenvalue weighted by molar-refractivity contribution is 5.78. The third-order valence-electron chi connectivity index (χ3n) is 4.13. The van der Waals surface area contributed by atoms with E-state index in [4.69, 9.17) is 9.47 Å². The number of aryl methyl sites for hydroxylation is 3. The van der Waals surface area contributed by atoms with Crippen molar-refractivity contribution in [3.63, 3.8) is 0 Å². The SMILES string of the molecule is CCC(NC(=O)COc1cc(C)cc(C)c1)c1ccc(OC)c(C)c1. The zero-order valence-electron chi connectivity index (χ0n) is 15.7. The maximum atomic E-state index is 12.3. The van der Waals surface area contributed by atoms with Crippen LogP contribution >= 0.6 is 0 Å². The molecule has 0 heterocycles. The number of carbonyl (C=O) groups is 1. The second-order valence-corrected chi connectivity index (χ2v) is 6.37. The molecule has 1 unspecified atom stereocenters. The molecule has 1 atom stereocenters. The molecule has 4 heteroatoms. The first-order chi connectivity index (χ1) is 11.9. The molecule has 0 radical (unpaired) electrons. The highest BCUT2D eigenvalue weighted by atomic mass is 16.5. The third kappa shape index (κ3) is 5.24. The Morgan fingerprint density at radius 2 is 1.76 bits per heavy atom. The first kappa shape index (κ1) is 18.8. The molecule has 0 aliphatic carbocycles. The van der Waals surface area contributed by atoms with E-state index in [2.05, 4.69) is 24.4 Å². The highest BCUT2D eigenvalue weighted by Crippen LogP contribution is 2.24. The van der Waals surface area contributed by atoms with Crippen molar-refractivity contribution in [3.8, 4) is 11.5 Å². The van der Waals surface area contributed by atoms with Gasteiger partial charge in [0.2, 0.25) is 0 Å². The fourth-order valence-corrected chi connectivity index (χ4v) is 2.94. The van der Waals surface area contributed by atoms with E-state index in [1.807, 2.05) is 45.0 Å². The van der Waals surface area contributed by atoms with Crippen LogP contribution < -0.4 is 14.8 Å². The quantitative estimate of drug-likeness (QED) is 0.818. The van der Waals surface area contributed by atoms with Crippen molar-refractivity contribution in [2.75, 3.05) is 13.7 Å². The standard InChI is InChI=1S/C21H27NO3/c1-6-19(17-7-8-20(24-5)16(4)12-17)22-21(23)13-25-18-10-14(2)9-15(3)11-18/h7-12,19H,6,13H2,1-5H3,(H,22,23). The van der Waals surface area contributed by atoms with E-state index in [1.54, 1.807) is 7.11 Å². The van der Waals surface area contributed by atoms with E-state index in [1.165, 1.54) is 0 Å². The molecule has 0 aromatic heterocycles. The summed E-state index contributed by atoms with van der Waals surface area (Å²) in [5, 5.41) is 3.04. The number of carbonyl (C=O) groups excluding carboxylic acids is 1. The zero-order chi connectivity index (χ0) is 18.4. The van der Waals surface area contributed by atoms with Gasteiger partial charge in [0, 0.05) is 0 Å². The van der Waals surface area contributed by atoms with Gasteiger partial charge in [-0.15, -0.1) is 0 Å². The Balaban J connectivity index is 1.98. The first-order valence-electron chi connectivity index (χ1n) is 8.58. The summed E-state index contributed by atoms with van der Waals surface area (Å²) in [6.07, 6.45) is 0.807. The van der Waals surface area contributed by atoms with Gasteiger partial charge in [0.15, 0.2) is 6.61 Å². The maximum Gasteiger partial charge on any atom is 0.258 e. The molecule has 1 N–H and O–H groups in total. The van der Waals surface area contributed by atoms with Gasteiger partial charge >= 0.3 is 0 Å². The fraction of sp³-hybridized carbons (Fsp3) is 0.381. The number of methoxy groups -OCH3 is 1. The van der Waals surface area contributed by atoms with Crippen molar-refractivity contribution in [3.05, 3.63) is 58.7 Å². The van der Waals surface area contributed by atoms with Gasteiger partial charge in [-0.1, -0.05) is 25.1 Å². The van der Waals surface area contributed by atoms with Gasteiger partial charge in [-0.25, -0.2) is 0 Å². The normalized spacial score (nSPS) is 11.7. The van der Waals surface area contributed by atoms with Gasteiger partial charge in [-0.2, -0.15) is 0 Å². The summed E-state index contributed by atoms with van der Waals surface area (Å²) in [4.78, 5) is 12.3. The second-order valence-electron chi connectivity index (χ2n) is 6.37. The van der Waals surface area contributed by atoms with E-state index in [0.29, 0.717) is 0 Å². The van der Waals surface area contributed by atoms with E-state index in [9.17, 15) is 4.79 Å². The highest BCUT2D eigenvalue weighted by Gasteiger charge is 2.14. The fourth-order valence-electron chi connectivity index (χ4n) is 2.94. The summed E-state index contributed by atoms with van der Waals surface area (Å²) in [6, 6.07) is 11.9. The molecule has 25 heavy (non-hydrogen) atoms. The Labute approximate surface area is 150 Å². The van der Waals surface area contributed by atoms with Crippen molar-refractivity contribution in [1.82, 2.24) is 5.32 Å². The molecule has 2 aromatic rings. The summed E-state index contributed by atoms with van der Waals surface area (Å²) in [6.45, 7) is 8.09. The van der Waals surface area contributed by atoms with Crippen LogP contribution in [0.3, 0.4) is 0 Å². The summed E-state index contributed by atoms with van der Waals surface area (Å²) >= 11 is 0. The molecular formula is C21H27NO3. The number of ether oxygens (including phenoxy) is 2. The van der Waals surface area contributed by atoms with Gasteiger partial charge in [0.1, 0.15) is 11.5 Å². The van der Waals surface area contributed by atoms with E-state index >= 15 is 0 Å². The Bertz CT molecular complexity index is 720. The number of hydrogen-bond acceptors (Lipinski definition) is 3. The van der Waals surface area contributed by atoms with E-state index in [-0.39, 0.29) is 18.6 Å². The predicted octanol–water partition coefficient (Wildman–Crippen LogP) is 4.27. The maximum absolute atomic E-state index is 12.3. The Morgan fingerprint density at radius 3 is 2.32 bits per heavy atom. The van der Waals surface area contributed by atoms with Crippen LogP contribution in [0.4, 0.5) is 0 Å². The van der Waals surface area contributed by atoms with Gasteiger partial charge in [0.05, 0.1) is 13.2 Å². The molecule has 4 nitrogen and oxygen atoms in total. The van der Waals surface area contributed by atoms with Crippen LogP contribution in [-0.4, -0.2) is 19.6 Å². The minimum Gasteiger partial charge on any atom is -0.496 e. The van der Waals surface area contributed by atoms with Gasteiger partial charge in [-0.3, -0.25) is 4.79 Å². The third-order valence-corrected chi connectivity index (χ3v) is 4.13. The summed E-state index contributed by atoms with van der Waals surface area (Å²) in [7, 11) is 1.66. The number of nitrogens with one attached hydrogen (secondary N) is 1. The minimum atomic E-state index is -0.125. The smallest absolute Gasteiger partial charge is 0.258 e. The molecule has 2 rings (SSSR count). The van der Waals surface area contributed by atoms with E-state index < -0.39 is 0 Å². The molecule has 0 saturated heterocycles. The number of hydrogen-bond donors (Lipinski definition) is 1. The summed E-state index contributed by atoms with van der Waals surface area (Å²) in [5.74, 6) is 1.45. The largest absolute Gasteiger partial charge is 0.496 e. The average molecular weight is 341 g/mol. The second kappa shape index (κ2) is 8.56. The Hall–Kier alpha value is -2.49. The van der Waals surface area contributed by atoms with Crippen LogP contribution in [0.1, 0.15) is 41.6 Å². The van der Waals surface area contributed by atoms with Crippen LogP contribution in [-0.2, 0) is 4.79 Å². The van der Waals surface area contributed by atoms with Crippen LogP contribution in [0.5, 0.6) is 11.5 Å². The van der Waals surface area contributed by atoms with Crippen LogP contribution in [0, 0.1) is 20.8 Å². The van der Waals surface area contributed by atoms with Crippen molar-refractivity contribution >= 4 is 5.91 Å². The number of benzene rings is 2. The molecule has 2 aromatic carbocycles. The van der Waals surface area contributed by atoms with Crippen molar-refractivity contribution in [2.45, 2.75) is 40.2 Å². The monoisotopic (exact) mass is 341 g/mol. The lowest BCUT2D eigenvalue weighted by atomic mass is 10.0. The van der Waals surface area contributed by atoms with Crippen molar-refractivity contribution in [1.29, 1.82) is 0 Å². The summed E-state index contributed by atoms with van der Waals surface area (Å²) in [5.41, 5.74) is 4.37. The van der Waals surface area contributed by atoms with Gasteiger partial charge in [-0.05, 0) is 67.6 Å². The Kier molecular flexibility index (Phi) is 6.45. The number of amides is 1. The topological polar surface area (TPSA) is 47.6 Å². The first-order valence-corrected chi connectivity index (χ1v) is 8.58. The van der Waals surface area contributed by atoms with Crippen LogP contribution in [0.2, 0.25) is 0 Å². The molecule has 0 saturated carbocycles. The van der Waals surface area contributed by atoms with Gasteiger partial charge < -0.3 is 14.8 Å². The molecule has 1 amide bonds. The van der Waals surface area contributed by atoms with E-state index in [0.717, 1.165) is 40.2 Å². The molecule has 0 aliphatic heterocycles. The van der Waals surface area contributed by atoms with Crippen molar-refractivity contribution in [2.24, 2.45) is 0 Å². The molecule has 0 spiro atoms. The predicted molar refractivity (Wildman–Crippen MR) is 100 cm³/mol. The lowest BCUT2D eigenvalue weighted by molar-refractivity contribution is -0.123. The van der Waals surface area contributed by atoms with Crippen LogP contribution in [0.25, 0.3) is 0 Å². The lowest BCUT2D eigenvalue weighted by Crippen LogP contribution is -2.32. The lowest BCUT2D eigenvalue weighted by Gasteiger charge is -2.19. The Morgan fingerprint density at radius 1 is 1.08 bits per heavy atom. The average Bonchev–Trinajstić information content (AvgIpc) is 2.57. The molecule has 0 fully saturated rings. The molecule has 0 aliphatic rings.